The summed E-state index contributed by atoms with van der Waals surface area (Å²) in [5, 5.41) is 17.7. The van der Waals surface area contributed by atoms with Gasteiger partial charge >= 0.3 is 5.97 Å². The summed E-state index contributed by atoms with van der Waals surface area (Å²) in [4.78, 5) is 10.6. The molecule has 0 radical (unpaired) electrons. The molecule has 12 heavy (non-hydrogen) atoms. The number of rotatable bonds is 1. The standard InChI is InChI=1S/C6H7N3O3/c10-6(11)3-4-5(9-8-3)7-1-2-12-4/h1-2H2,(H,10,11)(H2,7,8,9). The number of aromatic carboxylic acids is 1. The molecule has 64 valence electrons. The van der Waals surface area contributed by atoms with Crippen molar-refractivity contribution in [3.05, 3.63) is 5.69 Å². The molecule has 0 aliphatic carbocycles. The highest BCUT2D eigenvalue weighted by Gasteiger charge is 2.22. The molecule has 0 unspecified atom stereocenters. The van der Waals surface area contributed by atoms with E-state index in [9.17, 15) is 4.79 Å². The number of carboxylic acids is 1. The molecular formula is C6H7N3O3. The third-order valence-corrected chi connectivity index (χ3v) is 1.58. The fraction of sp³-hybridized carbons (Fsp3) is 0.333. The van der Waals surface area contributed by atoms with Crippen LogP contribution in [0.15, 0.2) is 0 Å². The Kier molecular flexibility index (Phi) is 1.39. The third-order valence-electron chi connectivity index (χ3n) is 1.58. The molecule has 6 nitrogen and oxygen atoms in total. The molecule has 6 heteroatoms. The van der Waals surface area contributed by atoms with Gasteiger partial charge in [-0.15, -0.1) is 0 Å². The summed E-state index contributed by atoms with van der Waals surface area (Å²) in [6.45, 7) is 1.11. The van der Waals surface area contributed by atoms with Crippen LogP contribution in [0.4, 0.5) is 5.82 Å². The van der Waals surface area contributed by atoms with E-state index in [0.29, 0.717) is 24.7 Å². The van der Waals surface area contributed by atoms with Crippen LogP contribution in [0, 0.1) is 0 Å². The Hall–Kier alpha value is -1.72. The molecule has 3 N–H and O–H groups in total. The average Bonchev–Trinajstić information content (AvgIpc) is 2.47. The molecule has 0 fully saturated rings. The Bertz CT molecular complexity index is 320. The predicted octanol–water partition coefficient (Wildman–Crippen LogP) is -0.0878. The first-order valence-corrected chi connectivity index (χ1v) is 3.47. The van der Waals surface area contributed by atoms with Gasteiger partial charge in [0.25, 0.3) is 0 Å². The Labute approximate surface area is 67.5 Å². The molecule has 1 aromatic heterocycles. The van der Waals surface area contributed by atoms with E-state index in [1.54, 1.807) is 0 Å². The lowest BCUT2D eigenvalue weighted by Crippen LogP contribution is -2.18. The van der Waals surface area contributed by atoms with Gasteiger partial charge in [0.05, 0.1) is 6.54 Å². The highest BCUT2D eigenvalue weighted by atomic mass is 16.5. The van der Waals surface area contributed by atoms with Crippen LogP contribution in [-0.4, -0.2) is 34.4 Å². The highest BCUT2D eigenvalue weighted by Crippen LogP contribution is 2.28. The molecule has 1 aliphatic heterocycles. The first kappa shape index (κ1) is 6.96. The number of carboxylic acid groups (broad SMARTS) is 1. The number of H-pyrrole nitrogens is 1. The van der Waals surface area contributed by atoms with E-state index in [4.69, 9.17) is 9.84 Å². The topological polar surface area (TPSA) is 87.2 Å². The zero-order valence-corrected chi connectivity index (χ0v) is 6.13. The fourth-order valence-electron chi connectivity index (χ4n) is 1.06. The summed E-state index contributed by atoms with van der Waals surface area (Å²) in [7, 11) is 0. The quantitative estimate of drug-likeness (QED) is 0.547. The van der Waals surface area contributed by atoms with E-state index < -0.39 is 5.97 Å². The van der Waals surface area contributed by atoms with Gasteiger partial charge in [-0.25, -0.2) is 4.79 Å². The Morgan fingerprint density at radius 2 is 2.50 bits per heavy atom. The SMILES string of the molecule is O=C(O)c1[nH]nc2c1OCCN2. The van der Waals surface area contributed by atoms with Crippen molar-refractivity contribution in [1.29, 1.82) is 0 Å². The number of ether oxygens (including phenoxy) is 1. The molecule has 1 aliphatic rings. The van der Waals surface area contributed by atoms with E-state index in [1.165, 1.54) is 0 Å². The van der Waals surface area contributed by atoms with Gasteiger partial charge in [0, 0.05) is 0 Å². The largest absolute Gasteiger partial charge is 0.485 e. The number of aromatic nitrogens is 2. The molecule has 2 heterocycles. The van der Waals surface area contributed by atoms with E-state index in [-0.39, 0.29) is 5.69 Å². The van der Waals surface area contributed by atoms with Gasteiger partial charge in [-0.1, -0.05) is 0 Å². The van der Waals surface area contributed by atoms with Crippen LogP contribution in [0.25, 0.3) is 0 Å². The first-order valence-electron chi connectivity index (χ1n) is 3.47. The van der Waals surface area contributed by atoms with Gasteiger partial charge in [0.1, 0.15) is 6.61 Å². The maximum absolute atomic E-state index is 10.6. The molecule has 0 bridgehead atoms. The maximum atomic E-state index is 10.6. The lowest BCUT2D eigenvalue weighted by Gasteiger charge is -2.13. The molecule has 1 aromatic rings. The first-order chi connectivity index (χ1) is 5.79. The van der Waals surface area contributed by atoms with Gasteiger partial charge in [0.15, 0.2) is 17.3 Å². The highest BCUT2D eigenvalue weighted by molar-refractivity contribution is 5.90. The number of fused-ring (bicyclic) bond motifs is 1. The van der Waals surface area contributed by atoms with Crippen molar-refractivity contribution < 1.29 is 14.6 Å². The second kappa shape index (κ2) is 2.40. The van der Waals surface area contributed by atoms with Crippen LogP contribution in [-0.2, 0) is 0 Å². The van der Waals surface area contributed by atoms with Crippen LogP contribution in [0.3, 0.4) is 0 Å². The maximum Gasteiger partial charge on any atom is 0.357 e. The number of nitrogens with zero attached hydrogens (tertiary/aromatic N) is 1. The van der Waals surface area contributed by atoms with Crippen molar-refractivity contribution in [2.75, 3.05) is 18.5 Å². The van der Waals surface area contributed by atoms with Crippen LogP contribution in [0.5, 0.6) is 5.75 Å². The monoisotopic (exact) mass is 169 g/mol. The number of hydrogen-bond donors (Lipinski definition) is 3. The minimum Gasteiger partial charge on any atom is -0.485 e. The smallest absolute Gasteiger partial charge is 0.357 e. The molecule has 0 atom stereocenters. The zero-order chi connectivity index (χ0) is 8.55. The normalized spacial score (nSPS) is 14.3. The Morgan fingerprint density at radius 1 is 1.67 bits per heavy atom. The molecule has 0 aromatic carbocycles. The predicted molar refractivity (Wildman–Crippen MR) is 39.5 cm³/mol. The molecular weight excluding hydrogens is 162 g/mol. The number of carbonyl (C=O) groups is 1. The molecule has 2 rings (SSSR count). The average molecular weight is 169 g/mol. The Balaban J connectivity index is 2.44. The van der Waals surface area contributed by atoms with Crippen LogP contribution in [0.2, 0.25) is 0 Å². The van der Waals surface area contributed by atoms with Crippen LogP contribution < -0.4 is 10.1 Å². The number of anilines is 1. The van der Waals surface area contributed by atoms with Crippen molar-refractivity contribution in [1.82, 2.24) is 10.2 Å². The second-order valence-corrected chi connectivity index (χ2v) is 2.36. The fourth-order valence-corrected chi connectivity index (χ4v) is 1.06. The van der Waals surface area contributed by atoms with E-state index in [1.807, 2.05) is 0 Å². The van der Waals surface area contributed by atoms with E-state index >= 15 is 0 Å². The van der Waals surface area contributed by atoms with Crippen molar-refractivity contribution in [2.45, 2.75) is 0 Å². The van der Waals surface area contributed by atoms with Gasteiger partial charge in [0.2, 0.25) is 0 Å². The lowest BCUT2D eigenvalue weighted by molar-refractivity contribution is 0.0686. The van der Waals surface area contributed by atoms with Crippen molar-refractivity contribution in [3.63, 3.8) is 0 Å². The summed E-state index contributed by atoms with van der Waals surface area (Å²) >= 11 is 0. The van der Waals surface area contributed by atoms with Gasteiger partial charge in [-0.2, -0.15) is 5.10 Å². The van der Waals surface area contributed by atoms with Crippen molar-refractivity contribution in [2.24, 2.45) is 0 Å². The number of hydrogen-bond acceptors (Lipinski definition) is 4. The third kappa shape index (κ3) is 0.884. The minimum absolute atomic E-state index is 0.00259. The van der Waals surface area contributed by atoms with Crippen LogP contribution in [0.1, 0.15) is 10.5 Å². The second-order valence-electron chi connectivity index (χ2n) is 2.36. The van der Waals surface area contributed by atoms with Crippen molar-refractivity contribution in [3.8, 4) is 5.75 Å². The molecule has 0 amide bonds. The number of nitrogens with one attached hydrogen (secondary N) is 2. The minimum atomic E-state index is -1.06. The van der Waals surface area contributed by atoms with Gasteiger partial charge in [-0.05, 0) is 0 Å². The molecule has 0 saturated carbocycles. The van der Waals surface area contributed by atoms with Crippen LogP contribution >= 0.6 is 0 Å². The summed E-state index contributed by atoms with van der Waals surface area (Å²) in [5.74, 6) is -0.292. The van der Waals surface area contributed by atoms with E-state index in [0.717, 1.165) is 0 Å². The molecule has 0 saturated heterocycles. The van der Waals surface area contributed by atoms with E-state index in [2.05, 4.69) is 15.5 Å². The van der Waals surface area contributed by atoms with Gasteiger partial charge < -0.3 is 15.2 Å². The zero-order valence-electron chi connectivity index (χ0n) is 6.13. The lowest BCUT2D eigenvalue weighted by atomic mass is 10.3. The van der Waals surface area contributed by atoms with Gasteiger partial charge in [-0.3, -0.25) is 5.10 Å². The van der Waals surface area contributed by atoms with Crippen molar-refractivity contribution >= 4 is 11.8 Å². The summed E-state index contributed by atoms with van der Waals surface area (Å²) in [6, 6.07) is 0. The number of aromatic amines is 1. The summed E-state index contributed by atoms with van der Waals surface area (Å²) < 4.78 is 5.12. The summed E-state index contributed by atoms with van der Waals surface area (Å²) in [5.41, 5.74) is -0.00259. The Morgan fingerprint density at radius 3 is 3.25 bits per heavy atom. The summed E-state index contributed by atoms with van der Waals surface area (Å²) in [6.07, 6.45) is 0. The molecule has 0 spiro atoms.